The molecular weight excluding hydrogens is 261 g/mol. The molecular formula is C14H18FN3O2. The van der Waals surface area contributed by atoms with Crippen LogP contribution in [0.5, 0.6) is 5.75 Å². The fourth-order valence-electron chi connectivity index (χ4n) is 1.51. The van der Waals surface area contributed by atoms with Crippen molar-refractivity contribution in [1.82, 2.24) is 10.6 Å². The minimum absolute atomic E-state index is 0.0244. The minimum Gasteiger partial charge on any atom is -0.481 e. The zero-order valence-electron chi connectivity index (χ0n) is 11.4. The zero-order chi connectivity index (χ0) is 14.8. The van der Waals surface area contributed by atoms with Gasteiger partial charge in [0.1, 0.15) is 6.54 Å². The third-order valence-corrected chi connectivity index (χ3v) is 2.48. The third kappa shape index (κ3) is 5.67. The molecule has 0 saturated carbocycles. The lowest BCUT2D eigenvalue weighted by molar-refractivity contribution is -0.122. The maximum absolute atomic E-state index is 13.7. The van der Waals surface area contributed by atoms with Gasteiger partial charge in [-0.3, -0.25) is 4.79 Å². The van der Waals surface area contributed by atoms with Gasteiger partial charge < -0.3 is 15.4 Å². The Balaban J connectivity index is 2.47. The van der Waals surface area contributed by atoms with E-state index in [1.54, 1.807) is 12.1 Å². The van der Waals surface area contributed by atoms with Crippen molar-refractivity contribution in [3.8, 4) is 11.8 Å². The lowest BCUT2D eigenvalue weighted by Crippen LogP contribution is -2.29. The molecule has 0 bridgehead atoms. The highest BCUT2D eigenvalue weighted by atomic mass is 19.1. The van der Waals surface area contributed by atoms with Gasteiger partial charge in [-0.15, -0.1) is 0 Å². The van der Waals surface area contributed by atoms with Crippen LogP contribution in [-0.4, -0.2) is 25.6 Å². The van der Waals surface area contributed by atoms with Crippen molar-refractivity contribution < 1.29 is 13.9 Å². The van der Waals surface area contributed by atoms with Crippen LogP contribution in [0.4, 0.5) is 4.39 Å². The van der Waals surface area contributed by atoms with E-state index < -0.39 is 11.7 Å². The number of amides is 1. The normalized spacial score (nSPS) is 9.85. The Labute approximate surface area is 117 Å². The summed E-state index contributed by atoms with van der Waals surface area (Å²) in [6.45, 7) is 3.12. The topological polar surface area (TPSA) is 74.2 Å². The average molecular weight is 279 g/mol. The van der Waals surface area contributed by atoms with E-state index in [-0.39, 0.29) is 18.9 Å². The van der Waals surface area contributed by atoms with Gasteiger partial charge in [-0.25, -0.2) is 4.39 Å². The highest BCUT2D eigenvalue weighted by Crippen LogP contribution is 2.18. The summed E-state index contributed by atoms with van der Waals surface area (Å²) in [6.07, 6.45) is 1.02. The van der Waals surface area contributed by atoms with Gasteiger partial charge in [-0.1, -0.05) is 13.0 Å². The average Bonchev–Trinajstić information content (AvgIpc) is 2.44. The van der Waals surface area contributed by atoms with Crippen LogP contribution in [0, 0.1) is 17.1 Å². The third-order valence-electron chi connectivity index (χ3n) is 2.48. The Morgan fingerprint density at radius 1 is 1.50 bits per heavy atom. The van der Waals surface area contributed by atoms with Gasteiger partial charge in [0, 0.05) is 6.54 Å². The van der Waals surface area contributed by atoms with E-state index in [9.17, 15) is 9.18 Å². The number of carbonyl (C=O) groups excluding carboxylic acids is 1. The molecule has 6 heteroatoms. The number of halogens is 1. The molecule has 0 atom stereocenters. The van der Waals surface area contributed by atoms with E-state index in [0.717, 1.165) is 18.5 Å². The molecule has 0 fully saturated rings. The second-order valence-electron chi connectivity index (χ2n) is 4.17. The fourth-order valence-corrected chi connectivity index (χ4v) is 1.51. The molecule has 0 aliphatic carbocycles. The van der Waals surface area contributed by atoms with Gasteiger partial charge in [-0.2, -0.15) is 5.26 Å². The summed E-state index contributed by atoms with van der Waals surface area (Å²) in [6, 6.07) is 6.39. The van der Waals surface area contributed by atoms with E-state index >= 15 is 0 Å². The Kier molecular flexibility index (Phi) is 7.07. The quantitative estimate of drug-likeness (QED) is 0.556. The second kappa shape index (κ2) is 8.88. The first-order valence-corrected chi connectivity index (χ1v) is 6.43. The Morgan fingerprint density at radius 2 is 2.30 bits per heavy atom. The van der Waals surface area contributed by atoms with Crippen molar-refractivity contribution >= 4 is 5.91 Å². The minimum atomic E-state index is -0.506. The molecule has 0 aliphatic heterocycles. The summed E-state index contributed by atoms with van der Waals surface area (Å²) in [5.41, 5.74) is 0.817. The van der Waals surface area contributed by atoms with Crippen molar-refractivity contribution in [3.05, 3.63) is 29.6 Å². The van der Waals surface area contributed by atoms with Crippen LogP contribution in [0.25, 0.3) is 0 Å². The number of benzene rings is 1. The van der Waals surface area contributed by atoms with Crippen LogP contribution >= 0.6 is 0 Å². The van der Waals surface area contributed by atoms with Gasteiger partial charge >= 0.3 is 0 Å². The van der Waals surface area contributed by atoms with Crippen LogP contribution in [0.1, 0.15) is 18.9 Å². The van der Waals surface area contributed by atoms with Crippen molar-refractivity contribution in [2.24, 2.45) is 0 Å². The number of nitrogens with one attached hydrogen (secondary N) is 2. The predicted molar refractivity (Wildman–Crippen MR) is 72.5 cm³/mol. The van der Waals surface area contributed by atoms with Crippen LogP contribution in [0.2, 0.25) is 0 Å². The zero-order valence-corrected chi connectivity index (χ0v) is 11.4. The molecule has 0 aromatic heterocycles. The standard InChI is InChI=1S/C14H18FN3O2/c1-2-6-17-9-11-3-4-13(12(15)8-11)20-10-14(19)18-7-5-16/h3-4,8,17H,2,6-7,9-10H2,1H3,(H,18,19). The molecule has 2 N–H and O–H groups in total. The van der Waals surface area contributed by atoms with E-state index in [1.165, 1.54) is 12.1 Å². The largest absolute Gasteiger partial charge is 0.481 e. The van der Waals surface area contributed by atoms with Gasteiger partial charge in [0.2, 0.25) is 0 Å². The van der Waals surface area contributed by atoms with Crippen molar-refractivity contribution in [3.63, 3.8) is 0 Å². The number of hydrogen-bond acceptors (Lipinski definition) is 4. The van der Waals surface area contributed by atoms with Crippen LogP contribution < -0.4 is 15.4 Å². The van der Waals surface area contributed by atoms with Gasteiger partial charge in [0.15, 0.2) is 18.2 Å². The van der Waals surface area contributed by atoms with E-state index in [0.29, 0.717) is 6.54 Å². The molecule has 1 aromatic carbocycles. The van der Waals surface area contributed by atoms with Crippen molar-refractivity contribution in [1.29, 1.82) is 5.26 Å². The SMILES string of the molecule is CCCNCc1ccc(OCC(=O)NCC#N)c(F)c1. The predicted octanol–water partition coefficient (Wildman–Crippen LogP) is 1.34. The molecule has 0 spiro atoms. The number of nitrogens with zero attached hydrogens (tertiary/aromatic N) is 1. The summed E-state index contributed by atoms with van der Waals surface area (Å²) >= 11 is 0. The summed E-state index contributed by atoms with van der Waals surface area (Å²) in [4.78, 5) is 11.2. The lowest BCUT2D eigenvalue weighted by atomic mass is 10.2. The maximum atomic E-state index is 13.7. The molecule has 5 nitrogen and oxygen atoms in total. The number of nitriles is 1. The highest BCUT2D eigenvalue weighted by Gasteiger charge is 2.07. The van der Waals surface area contributed by atoms with Crippen LogP contribution in [-0.2, 0) is 11.3 Å². The van der Waals surface area contributed by atoms with Gasteiger partial charge in [-0.05, 0) is 30.7 Å². The van der Waals surface area contributed by atoms with E-state index in [4.69, 9.17) is 10.00 Å². The number of carbonyl (C=O) groups is 1. The summed E-state index contributed by atoms with van der Waals surface area (Å²) < 4.78 is 18.8. The molecule has 0 unspecified atom stereocenters. The van der Waals surface area contributed by atoms with Gasteiger partial charge in [0.05, 0.1) is 6.07 Å². The number of rotatable bonds is 8. The molecule has 0 radical (unpaired) electrons. The molecule has 1 amide bonds. The van der Waals surface area contributed by atoms with E-state index in [1.807, 2.05) is 0 Å². The first-order chi connectivity index (χ1) is 9.67. The number of ether oxygens (including phenoxy) is 1. The molecule has 1 aromatic rings. The first kappa shape index (κ1) is 15.9. The molecule has 0 saturated heterocycles. The lowest BCUT2D eigenvalue weighted by Gasteiger charge is -2.09. The van der Waals surface area contributed by atoms with Crippen molar-refractivity contribution in [2.75, 3.05) is 19.7 Å². The Morgan fingerprint density at radius 3 is 2.95 bits per heavy atom. The highest BCUT2D eigenvalue weighted by molar-refractivity contribution is 5.77. The smallest absolute Gasteiger partial charge is 0.258 e. The van der Waals surface area contributed by atoms with Gasteiger partial charge in [0.25, 0.3) is 5.91 Å². The molecule has 0 heterocycles. The molecule has 0 aliphatic rings. The molecule has 108 valence electrons. The molecule has 20 heavy (non-hydrogen) atoms. The summed E-state index contributed by atoms with van der Waals surface area (Å²) in [7, 11) is 0. The summed E-state index contributed by atoms with van der Waals surface area (Å²) in [5.74, 6) is -0.940. The molecule has 1 rings (SSSR count). The van der Waals surface area contributed by atoms with E-state index in [2.05, 4.69) is 17.6 Å². The summed E-state index contributed by atoms with van der Waals surface area (Å²) in [5, 5.41) is 13.8. The number of hydrogen-bond donors (Lipinski definition) is 2. The van der Waals surface area contributed by atoms with Crippen molar-refractivity contribution in [2.45, 2.75) is 19.9 Å². The first-order valence-electron chi connectivity index (χ1n) is 6.43. The second-order valence-corrected chi connectivity index (χ2v) is 4.17. The fraction of sp³-hybridized carbons (Fsp3) is 0.429. The Bertz CT molecular complexity index is 486. The van der Waals surface area contributed by atoms with Crippen LogP contribution in [0.3, 0.4) is 0 Å². The Hall–Kier alpha value is -2.13. The maximum Gasteiger partial charge on any atom is 0.258 e. The monoisotopic (exact) mass is 279 g/mol. The van der Waals surface area contributed by atoms with Crippen LogP contribution in [0.15, 0.2) is 18.2 Å².